The van der Waals surface area contributed by atoms with Crippen molar-refractivity contribution in [1.29, 1.82) is 0 Å². The molecule has 1 heterocycles. The molecular weight excluding hydrogens is 277 g/mol. The fourth-order valence-electron chi connectivity index (χ4n) is 3.00. The van der Waals surface area contributed by atoms with Crippen LogP contribution in [0, 0.1) is 0 Å². The van der Waals surface area contributed by atoms with Crippen molar-refractivity contribution in [2.75, 3.05) is 20.6 Å². The van der Waals surface area contributed by atoms with Gasteiger partial charge in [0.1, 0.15) is 5.83 Å². The van der Waals surface area contributed by atoms with E-state index in [0.29, 0.717) is 13.0 Å². The number of hydrogen-bond donors (Lipinski definition) is 0. The molecule has 22 heavy (non-hydrogen) atoms. The van der Waals surface area contributed by atoms with Gasteiger partial charge >= 0.3 is 0 Å². The van der Waals surface area contributed by atoms with Gasteiger partial charge in [0.05, 0.1) is 12.2 Å². The summed E-state index contributed by atoms with van der Waals surface area (Å²) in [5.41, 5.74) is 2.21. The minimum absolute atomic E-state index is 0.199. The highest BCUT2D eigenvalue weighted by molar-refractivity contribution is 5.36. The molecule has 0 bridgehead atoms. The zero-order chi connectivity index (χ0) is 16.0. The number of fused-ring (bicyclic) bond motifs is 1. The van der Waals surface area contributed by atoms with Gasteiger partial charge in [-0.15, -0.1) is 0 Å². The molecule has 0 saturated heterocycles. The number of allylic oxidation sites excluding steroid dienone is 3. The molecule has 0 radical (unpaired) electrons. The molecule has 1 atom stereocenters. The van der Waals surface area contributed by atoms with Crippen LogP contribution in [0.3, 0.4) is 0 Å². The lowest BCUT2D eigenvalue weighted by atomic mass is 9.85. The van der Waals surface area contributed by atoms with Crippen LogP contribution in [-0.2, 0) is 16.9 Å². The van der Waals surface area contributed by atoms with Crippen molar-refractivity contribution >= 4 is 0 Å². The number of hydrogen-bond acceptors (Lipinski definition) is 2. The SMILES string of the molecule is C/C=C(F)\C=C/CC1(CCCN(C)C)OCc2ccccc21. The highest BCUT2D eigenvalue weighted by Gasteiger charge is 2.38. The summed E-state index contributed by atoms with van der Waals surface area (Å²) in [6.45, 7) is 3.38. The maximum atomic E-state index is 13.3. The second kappa shape index (κ2) is 7.70. The number of ether oxygens (including phenoxy) is 1. The Morgan fingerprint density at radius 1 is 1.36 bits per heavy atom. The lowest BCUT2D eigenvalue weighted by Crippen LogP contribution is -2.26. The first-order valence-corrected chi connectivity index (χ1v) is 7.93. The van der Waals surface area contributed by atoms with Crippen LogP contribution in [-0.4, -0.2) is 25.5 Å². The van der Waals surface area contributed by atoms with Gasteiger partial charge in [-0.3, -0.25) is 0 Å². The van der Waals surface area contributed by atoms with E-state index in [9.17, 15) is 4.39 Å². The van der Waals surface area contributed by atoms with Crippen LogP contribution in [0.1, 0.15) is 37.3 Å². The van der Waals surface area contributed by atoms with E-state index in [-0.39, 0.29) is 11.4 Å². The van der Waals surface area contributed by atoms with Crippen molar-refractivity contribution in [2.45, 2.75) is 38.4 Å². The molecule has 0 aromatic heterocycles. The molecule has 0 amide bonds. The van der Waals surface area contributed by atoms with E-state index in [4.69, 9.17) is 4.74 Å². The van der Waals surface area contributed by atoms with Gasteiger partial charge < -0.3 is 9.64 Å². The van der Waals surface area contributed by atoms with Crippen LogP contribution >= 0.6 is 0 Å². The van der Waals surface area contributed by atoms with Crippen molar-refractivity contribution in [3.8, 4) is 0 Å². The first-order chi connectivity index (χ1) is 10.6. The van der Waals surface area contributed by atoms with E-state index in [1.807, 2.05) is 12.1 Å². The molecule has 1 unspecified atom stereocenters. The largest absolute Gasteiger partial charge is 0.365 e. The Balaban J connectivity index is 2.17. The minimum atomic E-state index is -0.308. The van der Waals surface area contributed by atoms with Gasteiger partial charge in [-0.25, -0.2) is 4.39 Å². The van der Waals surface area contributed by atoms with Crippen LogP contribution in [0.5, 0.6) is 0 Å². The molecule has 1 aliphatic rings. The number of halogens is 1. The molecule has 1 aliphatic heterocycles. The van der Waals surface area contributed by atoms with Crippen molar-refractivity contribution in [3.05, 3.63) is 59.4 Å². The number of benzene rings is 1. The molecule has 120 valence electrons. The summed E-state index contributed by atoms with van der Waals surface area (Å²) >= 11 is 0. The standard InChI is InChI=1S/C19H26FNO/c1-4-17(20)10-7-12-19(13-8-14-21(2)3)18-11-6-5-9-16(18)15-22-19/h4-7,9-11H,8,12-15H2,1-3H3/b10-7-,17-4+. The number of rotatable bonds is 7. The average Bonchev–Trinajstić information content (AvgIpc) is 2.86. The van der Waals surface area contributed by atoms with Crippen molar-refractivity contribution in [3.63, 3.8) is 0 Å². The molecular formula is C19H26FNO. The molecule has 3 heteroatoms. The molecule has 2 rings (SSSR count). The second-order valence-corrected chi connectivity index (χ2v) is 6.13. The molecule has 0 aliphatic carbocycles. The third-order valence-electron chi connectivity index (χ3n) is 4.20. The third kappa shape index (κ3) is 4.05. The summed E-state index contributed by atoms with van der Waals surface area (Å²) < 4.78 is 19.5. The zero-order valence-electron chi connectivity index (χ0n) is 13.8. The molecule has 0 spiro atoms. The van der Waals surface area contributed by atoms with Gasteiger partial charge in [-0.1, -0.05) is 36.4 Å². The van der Waals surface area contributed by atoms with E-state index >= 15 is 0 Å². The Morgan fingerprint density at radius 2 is 2.14 bits per heavy atom. The summed E-state index contributed by atoms with van der Waals surface area (Å²) in [6.07, 6.45) is 7.62. The van der Waals surface area contributed by atoms with E-state index < -0.39 is 0 Å². The Bertz CT molecular complexity index is 550. The van der Waals surface area contributed by atoms with E-state index in [0.717, 1.165) is 19.4 Å². The third-order valence-corrected chi connectivity index (χ3v) is 4.20. The van der Waals surface area contributed by atoms with E-state index in [1.54, 1.807) is 6.92 Å². The average molecular weight is 303 g/mol. The van der Waals surface area contributed by atoms with Gasteiger partial charge in [0.2, 0.25) is 0 Å². The predicted octanol–water partition coefficient (Wildman–Crippen LogP) is 4.57. The van der Waals surface area contributed by atoms with Crippen LogP contribution in [0.2, 0.25) is 0 Å². The monoisotopic (exact) mass is 303 g/mol. The van der Waals surface area contributed by atoms with E-state index in [2.05, 4.69) is 37.2 Å². The van der Waals surface area contributed by atoms with Gasteiger partial charge in [-0.05, 0) is 64.0 Å². The van der Waals surface area contributed by atoms with Gasteiger partial charge in [0.15, 0.2) is 0 Å². The lowest BCUT2D eigenvalue weighted by Gasteiger charge is -2.29. The lowest BCUT2D eigenvalue weighted by molar-refractivity contribution is -0.0444. The first kappa shape index (κ1) is 16.9. The van der Waals surface area contributed by atoms with Crippen molar-refractivity contribution in [2.24, 2.45) is 0 Å². The first-order valence-electron chi connectivity index (χ1n) is 7.93. The van der Waals surface area contributed by atoms with Crippen LogP contribution in [0.25, 0.3) is 0 Å². The molecule has 0 N–H and O–H groups in total. The summed E-state index contributed by atoms with van der Waals surface area (Å²) in [4.78, 5) is 2.18. The fourth-order valence-corrected chi connectivity index (χ4v) is 3.00. The maximum Gasteiger partial charge on any atom is 0.118 e. The quantitative estimate of drug-likeness (QED) is 0.684. The Labute approximate surface area is 133 Å². The molecule has 0 saturated carbocycles. The summed E-state index contributed by atoms with van der Waals surface area (Å²) in [7, 11) is 4.16. The molecule has 1 aromatic carbocycles. The van der Waals surface area contributed by atoms with Gasteiger partial charge in [0.25, 0.3) is 0 Å². The summed E-state index contributed by atoms with van der Waals surface area (Å²) in [6, 6.07) is 8.38. The second-order valence-electron chi connectivity index (χ2n) is 6.13. The van der Waals surface area contributed by atoms with Gasteiger partial charge in [-0.2, -0.15) is 0 Å². The Hall–Kier alpha value is -1.45. The van der Waals surface area contributed by atoms with Crippen LogP contribution in [0.4, 0.5) is 4.39 Å². The molecule has 2 nitrogen and oxygen atoms in total. The summed E-state index contributed by atoms with van der Waals surface area (Å²) in [5.74, 6) is -0.199. The Kier molecular flexibility index (Phi) is 5.92. The van der Waals surface area contributed by atoms with Gasteiger partial charge in [0, 0.05) is 0 Å². The smallest absolute Gasteiger partial charge is 0.118 e. The molecule has 0 fully saturated rings. The minimum Gasteiger partial charge on any atom is -0.365 e. The fraction of sp³-hybridized carbons (Fsp3) is 0.474. The van der Waals surface area contributed by atoms with E-state index in [1.165, 1.54) is 23.3 Å². The van der Waals surface area contributed by atoms with Crippen LogP contribution in [0.15, 0.2) is 48.3 Å². The normalized spacial score (nSPS) is 21.8. The summed E-state index contributed by atoms with van der Waals surface area (Å²) in [5, 5.41) is 0. The Morgan fingerprint density at radius 3 is 2.86 bits per heavy atom. The number of nitrogens with zero attached hydrogens (tertiary/aromatic N) is 1. The topological polar surface area (TPSA) is 12.5 Å². The van der Waals surface area contributed by atoms with Crippen LogP contribution < -0.4 is 0 Å². The highest BCUT2D eigenvalue weighted by atomic mass is 19.1. The van der Waals surface area contributed by atoms with Crippen molar-refractivity contribution < 1.29 is 9.13 Å². The van der Waals surface area contributed by atoms with Crippen molar-refractivity contribution in [1.82, 2.24) is 4.90 Å². The predicted molar refractivity (Wildman–Crippen MR) is 89.3 cm³/mol. The highest BCUT2D eigenvalue weighted by Crippen LogP contribution is 2.43. The maximum absolute atomic E-state index is 13.3. The zero-order valence-corrected chi connectivity index (χ0v) is 13.8. The molecule has 1 aromatic rings.